The number of benzene rings is 1. The van der Waals surface area contributed by atoms with Crippen molar-refractivity contribution in [2.75, 3.05) is 25.5 Å². The van der Waals surface area contributed by atoms with Crippen molar-refractivity contribution in [1.29, 1.82) is 0 Å². The number of halogens is 1. The minimum absolute atomic E-state index is 0.328. The first-order valence-corrected chi connectivity index (χ1v) is 5.96. The summed E-state index contributed by atoms with van der Waals surface area (Å²) in [5.74, 6) is 0.684. The molecule has 81 valence electrons. The molecule has 1 aliphatic heterocycles. The van der Waals surface area contributed by atoms with Gasteiger partial charge in [-0.1, -0.05) is 24.3 Å². The molecule has 1 unspecified atom stereocenters. The molecule has 0 aromatic heterocycles. The average Bonchev–Trinajstić information content (AvgIpc) is 2.31. The predicted molar refractivity (Wildman–Crippen MR) is 63.5 cm³/mol. The van der Waals surface area contributed by atoms with Crippen molar-refractivity contribution in [2.45, 2.75) is 12.5 Å². The van der Waals surface area contributed by atoms with E-state index in [9.17, 15) is 0 Å². The molecular weight excluding hydrogens is 208 g/mol. The molecule has 0 bridgehead atoms. The van der Waals surface area contributed by atoms with E-state index in [1.807, 2.05) is 0 Å². The Morgan fingerprint density at radius 3 is 3.13 bits per heavy atom. The highest BCUT2D eigenvalue weighted by molar-refractivity contribution is 6.17. The first-order chi connectivity index (χ1) is 7.40. The Balaban J connectivity index is 2.09. The lowest BCUT2D eigenvalue weighted by Crippen LogP contribution is -2.38. The third-order valence-corrected chi connectivity index (χ3v) is 2.88. The van der Waals surface area contributed by atoms with Crippen LogP contribution in [0, 0.1) is 0 Å². The number of aryl methyl sites for hydroxylation is 1. The average molecular weight is 224 g/mol. The molecule has 1 heterocycles. The van der Waals surface area contributed by atoms with Crippen LogP contribution < -0.4 is 10.6 Å². The molecular formula is C12H16ClN2. The van der Waals surface area contributed by atoms with Crippen molar-refractivity contribution in [3.05, 3.63) is 35.4 Å². The third-order valence-electron chi connectivity index (χ3n) is 2.69. The van der Waals surface area contributed by atoms with Gasteiger partial charge in [-0.05, 0) is 17.5 Å². The van der Waals surface area contributed by atoms with Crippen LogP contribution in [0.5, 0.6) is 0 Å². The fraction of sp³-hybridized carbons (Fsp3) is 0.500. The van der Waals surface area contributed by atoms with E-state index in [2.05, 4.69) is 34.9 Å². The zero-order valence-electron chi connectivity index (χ0n) is 8.75. The number of piperazine rings is 1. The fourth-order valence-electron chi connectivity index (χ4n) is 1.89. The maximum absolute atomic E-state index is 5.74. The summed E-state index contributed by atoms with van der Waals surface area (Å²) in [4.78, 5) is 0. The Kier molecular flexibility index (Phi) is 4.01. The van der Waals surface area contributed by atoms with Gasteiger partial charge in [0.15, 0.2) is 0 Å². The maximum atomic E-state index is 5.74. The molecule has 2 nitrogen and oxygen atoms in total. The molecule has 1 radical (unpaired) electrons. The molecule has 0 saturated carbocycles. The Morgan fingerprint density at radius 1 is 1.47 bits per heavy atom. The first-order valence-electron chi connectivity index (χ1n) is 5.42. The normalized spacial score (nSPS) is 21.5. The highest BCUT2D eigenvalue weighted by Gasteiger charge is 2.15. The van der Waals surface area contributed by atoms with E-state index in [-0.39, 0.29) is 0 Å². The molecule has 0 spiro atoms. The summed E-state index contributed by atoms with van der Waals surface area (Å²) >= 11 is 5.74. The first kappa shape index (κ1) is 10.9. The van der Waals surface area contributed by atoms with E-state index in [1.54, 1.807) is 0 Å². The van der Waals surface area contributed by atoms with Crippen molar-refractivity contribution in [2.24, 2.45) is 0 Å². The Morgan fingerprint density at radius 2 is 2.40 bits per heavy atom. The van der Waals surface area contributed by atoms with Crippen molar-refractivity contribution < 1.29 is 0 Å². The van der Waals surface area contributed by atoms with Gasteiger partial charge in [0.2, 0.25) is 0 Å². The van der Waals surface area contributed by atoms with Gasteiger partial charge in [0, 0.05) is 25.5 Å². The molecule has 1 N–H and O–H groups in total. The van der Waals surface area contributed by atoms with Gasteiger partial charge in [0.05, 0.1) is 6.04 Å². The van der Waals surface area contributed by atoms with Gasteiger partial charge in [0.1, 0.15) is 0 Å². The number of rotatable bonds is 3. The highest BCUT2D eigenvalue weighted by atomic mass is 35.5. The van der Waals surface area contributed by atoms with E-state index in [0.717, 1.165) is 26.1 Å². The van der Waals surface area contributed by atoms with Crippen LogP contribution in [0.1, 0.15) is 17.2 Å². The summed E-state index contributed by atoms with van der Waals surface area (Å²) in [5, 5.41) is 7.97. The van der Waals surface area contributed by atoms with Gasteiger partial charge < -0.3 is 5.32 Å². The molecule has 1 saturated heterocycles. The van der Waals surface area contributed by atoms with Gasteiger partial charge in [-0.3, -0.25) is 0 Å². The second kappa shape index (κ2) is 5.50. The SMILES string of the molecule is ClCCc1cccc(C2CNCC[N]2)c1. The maximum Gasteiger partial charge on any atom is 0.0620 e. The van der Waals surface area contributed by atoms with E-state index in [4.69, 9.17) is 11.6 Å². The van der Waals surface area contributed by atoms with Crippen LogP contribution >= 0.6 is 11.6 Å². The number of nitrogens with one attached hydrogen (secondary N) is 1. The molecule has 15 heavy (non-hydrogen) atoms. The largest absolute Gasteiger partial charge is 0.313 e. The summed E-state index contributed by atoms with van der Waals surface area (Å²) in [7, 11) is 0. The third kappa shape index (κ3) is 2.94. The van der Waals surface area contributed by atoms with E-state index in [1.165, 1.54) is 11.1 Å². The molecule has 1 aromatic carbocycles. The van der Waals surface area contributed by atoms with E-state index in [0.29, 0.717) is 11.9 Å². The van der Waals surface area contributed by atoms with Crippen LogP contribution in [0.3, 0.4) is 0 Å². The van der Waals surface area contributed by atoms with Crippen LogP contribution in [-0.4, -0.2) is 25.5 Å². The summed E-state index contributed by atoms with van der Waals surface area (Å²) in [5.41, 5.74) is 2.62. The molecule has 1 fully saturated rings. The lowest BCUT2D eigenvalue weighted by molar-refractivity contribution is 0.421. The number of nitrogens with zero attached hydrogens (tertiary/aromatic N) is 1. The molecule has 1 aliphatic rings. The molecule has 1 aromatic rings. The van der Waals surface area contributed by atoms with Crippen molar-refractivity contribution >= 4 is 11.6 Å². The standard InChI is InChI=1S/C12H16ClN2/c13-5-4-10-2-1-3-11(8-10)12-9-14-6-7-15-12/h1-3,8,12,14H,4-7,9H2. The van der Waals surface area contributed by atoms with Crippen LogP contribution in [0.15, 0.2) is 24.3 Å². The topological polar surface area (TPSA) is 26.1 Å². The molecule has 1 atom stereocenters. The predicted octanol–water partition coefficient (Wildman–Crippen LogP) is 1.72. The Hall–Kier alpha value is -0.570. The fourth-order valence-corrected chi connectivity index (χ4v) is 2.11. The second-order valence-corrected chi connectivity index (χ2v) is 4.19. The van der Waals surface area contributed by atoms with Gasteiger partial charge in [-0.15, -0.1) is 11.6 Å². The minimum Gasteiger partial charge on any atom is -0.313 e. The smallest absolute Gasteiger partial charge is 0.0620 e. The van der Waals surface area contributed by atoms with Crippen LogP contribution in [-0.2, 0) is 6.42 Å². The molecule has 0 aliphatic carbocycles. The van der Waals surface area contributed by atoms with Gasteiger partial charge in [-0.25, -0.2) is 5.32 Å². The summed E-state index contributed by atoms with van der Waals surface area (Å²) < 4.78 is 0. The van der Waals surface area contributed by atoms with Gasteiger partial charge in [0.25, 0.3) is 0 Å². The van der Waals surface area contributed by atoms with Crippen LogP contribution in [0.25, 0.3) is 0 Å². The summed E-state index contributed by atoms with van der Waals surface area (Å²) in [6, 6.07) is 8.93. The summed E-state index contributed by atoms with van der Waals surface area (Å²) in [6.45, 7) is 2.90. The number of hydrogen-bond donors (Lipinski definition) is 1. The molecule has 0 amide bonds. The van der Waals surface area contributed by atoms with Crippen molar-refractivity contribution in [1.82, 2.24) is 10.6 Å². The van der Waals surface area contributed by atoms with Gasteiger partial charge in [-0.2, -0.15) is 0 Å². The highest BCUT2D eigenvalue weighted by Crippen LogP contribution is 2.17. The number of hydrogen-bond acceptors (Lipinski definition) is 1. The van der Waals surface area contributed by atoms with Crippen LogP contribution in [0.4, 0.5) is 0 Å². The monoisotopic (exact) mass is 223 g/mol. The summed E-state index contributed by atoms with van der Waals surface area (Å²) in [6.07, 6.45) is 0.940. The molecule has 2 rings (SSSR count). The van der Waals surface area contributed by atoms with Crippen molar-refractivity contribution in [3.8, 4) is 0 Å². The molecule has 3 heteroatoms. The number of alkyl halides is 1. The van der Waals surface area contributed by atoms with E-state index >= 15 is 0 Å². The quantitative estimate of drug-likeness (QED) is 0.776. The van der Waals surface area contributed by atoms with E-state index < -0.39 is 0 Å². The van der Waals surface area contributed by atoms with Gasteiger partial charge >= 0.3 is 0 Å². The zero-order chi connectivity index (χ0) is 10.5. The second-order valence-electron chi connectivity index (χ2n) is 3.81. The van der Waals surface area contributed by atoms with Crippen molar-refractivity contribution in [3.63, 3.8) is 0 Å². The van der Waals surface area contributed by atoms with Crippen LogP contribution in [0.2, 0.25) is 0 Å². The minimum atomic E-state index is 0.328. The Bertz CT molecular complexity index is 308. The zero-order valence-corrected chi connectivity index (χ0v) is 9.50. The lowest BCUT2D eigenvalue weighted by atomic mass is 10.0. The lowest BCUT2D eigenvalue weighted by Gasteiger charge is -2.23. The Labute approximate surface area is 96.0 Å².